The zero-order chi connectivity index (χ0) is 12.1. The quantitative estimate of drug-likeness (QED) is 0.872. The van der Waals surface area contributed by atoms with Gasteiger partial charge in [-0.2, -0.15) is 11.3 Å². The fourth-order valence-electron chi connectivity index (χ4n) is 1.43. The second kappa shape index (κ2) is 5.95. The van der Waals surface area contributed by atoms with Crippen LogP contribution in [0.5, 0.6) is 0 Å². The molecule has 0 spiro atoms. The zero-order valence-electron chi connectivity index (χ0n) is 9.13. The van der Waals surface area contributed by atoms with Gasteiger partial charge in [-0.25, -0.2) is 0 Å². The maximum atomic E-state index is 11.6. The summed E-state index contributed by atoms with van der Waals surface area (Å²) in [6, 6.07) is 5.68. The molecular weight excluding hydrogens is 254 g/mol. The molecule has 17 heavy (non-hydrogen) atoms. The molecule has 0 fully saturated rings. The van der Waals surface area contributed by atoms with Crippen LogP contribution in [0.1, 0.15) is 16.5 Å². The third-order valence-electron chi connectivity index (χ3n) is 2.31. The van der Waals surface area contributed by atoms with Gasteiger partial charge < -0.3 is 10.4 Å². The van der Waals surface area contributed by atoms with Gasteiger partial charge in [-0.15, -0.1) is 11.3 Å². The first-order valence-corrected chi connectivity index (χ1v) is 7.07. The van der Waals surface area contributed by atoms with Gasteiger partial charge in [-0.3, -0.25) is 4.79 Å². The van der Waals surface area contributed by atoms with Gasteiger partial charge in [-0.05, 0) is 33.8 Å². The molecule has 2 N–H and O–H groups in total. The summed E-state index contributed by atoms with van der Waals surface area (Å²) in [5, 5.41) is 18.3. The number of rotatable bonds is 5. The molecule has 2 aromatic rings. The summed E-state index contributed by atoms with van der Waals surface area (Å²) in [5.41, 5.74) is 1.01. The first-order chi connectivity index (χ1) is 8.25. The Morgan fingerprint density at radius 1 is 1.41 bits per heavy atom. The third-order valence-corrected chi connectivity index (χ3v) is 4.01. The van der Waals surface area contributed by atoms with Crippen molar-refractivity contribution < 1.29 is 9.90 Å². The van der Waals surface area contributed by atoms with Crippen LogP contribution >= 0.6 is 22.7 Å². The van der Waals surface area contributed by atoms with Crippen LogP contribution < -0.4 is 5.32 Å². The maximum Gasteiger partial charge on any atom is 0.224 e. The molecule has 0 saturated heterocycles. The predicted octanol–water partition coefficient (Wildman–Crippen LogP) is 2.20. The Balaban J connectivity index is 1.76. The lowest BCUT2D eigenvalue weighted by atomic mass is 10.2. The molecule has 2 rings (SSSR count). The summed E-state index contributed by atoms with van der Waals surface area (Å²) in [4.78, 5) is 12.4. The summed E-state index contributed by atoms with van der Waals surface area (Å²) < 4.78 is 0. The van der Waals surface area contributed by atoms with E-state index in [-0.39, 0.29) is 12.5 Å². The van der Waals surface area contributed by atoms with E-state index in [0.717, 1.165) is 10.4 Å². The highest BCUT2D eigenvalue weighted by Crippen LogP contribution is 2.17. The van der Waals surface area contributed by atoms with Crippen LogP contribution in [0, 0.1) is 0 Å². The Labute approximate surface area is 108 Å². The van der Waals surface area contributed by atoms with Crippen LogP contribution in [0.3, 0.4) is 0 Å². The number of carbonyl (C=O) groups is 1. The topological polar surface area (TPSA) is 49.3 Å². The number of carbonyl (C=O) groups excluding carboxylic acids is 1. The molecular formula is C12H13NO2S2. The van der Waals surface area contributed by atoms with Crippen LogP contribution in [-0.2, 0) is 11.2 Å². The Morgan fingerprint density at radius 3 is 2.94 bits per heavy atom. The predicted molar refractivity (Wildman–Crippen MR) is 70.3 cm³/mol. The summed E-state index contributed by atoms with van der Waals surface area (Å²) in [6.45, 7) is 0.267. The van der Waals surface area contributed by atoms with E-state index in [9.17, 15) is 9.90 Å². The Hall–Kier alpha value is -1.17. The maximum absolute atomic E-state index is 11.6. The van der Waals surface area contributed by atoms with Crippen LogP contribution in [-0.4, -0.2) is 17.6 Å². The smallest absolute Gasteiger partial charge is 0.224 e. The van der Waals surface area contributed by atoms with Crippen molar-refractivity contribution in [3.05, 3.63) is 44.8 Å². The van der Waals surface area contributed by atoms with Gasteiger partial charge in [0.2, 0.25) is 5.91 Å². The van der Waals surface area contributed by atoms with Gasteiger partial charge in [0.15, 0.2) is 0 Å². The van der Waals surface area contributed by atoms with Crippen LogP contribution in [0.4, 0.5) is 0 Å². The summed E-state index contributed by atoms with van der Waals surface area (Å²) in [5.74, 6) is -0.0565. The molecule has 5 heteroatoms. The lowest BCUT2D eigenvalue weighted by Crippen LogP contribution is -2.29. The van der Waals surface area contributed by atoms with Gasteiger partial charge in [0.1, 0.15) is 6.10 Å². The Bertz CT molecular complexity index is 451. The largest absolute Gasteiger partial charge is 0.386 e. The first-order valence-electron chi connectivity index (χ1n) is 5.25. The second-order valence-electron chi connectivity index (χ2n) is 3.64. The van der Waals surface area contributed by atoms with Crippen molar-refractivity contribution in [2.24, 2.45) is 0 Å². The summed E-state index contributed by atoms with van der Waals surface area (Å²) in [6.07, 6.45) is -0.234. The zero-order valence-corrected chi connectivity index (χ0v) is 10.8. The van der Waals surface area contributed by atoms with Crippen molar-refractivity contribution in [1.82, 2.24) is 5.32 Å². The van der Waals surface area contributed by atoms with Gasteiger partial charge in [-0.1, -0.05) is 6.07 Å². The van der Waals surface area contributed by atoms with E-state index in [1.165, 1.54) is 11.3 Å². The highest BCUT2D eigenvalue weighted by atomic mass is 32.1. The molecule has 1 unspecified atom stereocenters. The molecule has 0 aliphatic carbocycles. The normalized spacial score (nSPS) is 12.3. The monoisotopic (exact) mass is 267 g/mol. The lowest BCUT2D eigenvalue weighted by molar-refractivity contribution is -0.120. The molecule has 2 aromatic heterocycles. The molecule has 3 nitrogen and oxygen atoms in total. The minimum Gasteiger partial charge on any atom is -0.386 e. The van der Waals surface area contributed by atoms with E-state index in [1.807, 2.05) is 34.3 Å². The number of nitrogens with one attached hydrogen (secondary N) is 1. The number of hydrogen-bond acceptors (Lipinski definition) is 4. The third kappa shape index (κ3) is 3.66. The van der Waals surface area contributed by atoms with Gasteiger partial charge >= 0.3 is 0 Å². The van der Waals surface area contributed by atoms with E-state index >= 15 is 0 Å². The lowest BCUT2D eigenvalue weighted by Gasteiger charge is -2.09. The van der Waals surface area contributed by atoms with Crippen molar-refractivity contribution in [2.45, 2.75) is 12.5 Å². The fraction of sp³-hybridized carbons (Fsp3) is 0.250. The fourth-order valence-corrected chi connectivity index (χ4v) is 2.81. The van der Waals surface area contributed by atoms with Crippen molar-refractivity contribution in [1.29, 1.82) is 0 Å². The first kappa shape index (κ1) is 12.3. The summed E-state index contributed by atoms with van der Waals surface area (Å²) >= 11 is 3.06. The number of thiophene rings is 2. The van der Waals surface area contributed by atoms with Crippen molar-refractivity contribution >= 4 is 28.6 Å². The van der Waals surface area contributed by atoms with Crippen molar-refractivity contribution in [3.8, 4) is 0 Å². The minimum absolute atomic E-state index is 0.0565. The Kier molecular flexibility index (Phi) is 4.30. The average Bonchev–Trinajstić information content (AvgIpc) is 2.97. The number of aliphatic hydroxyl groups excluding tert-OH is 1. The molecule has 2 heterocycles. The van der Waals surface area contributed by atoms with Crippen molar-refractivity contribution in [3.63, 3.8) is 0 Å². The second-order valence-corrected chi connectivity index (χ2v) is 5.40. The van der Waals surface area contributed by atoms with Crippen LogP contribution in [0.25, 0.3) is 0 Å². The standard InChI is InChI=1S/C12H13NO2S2/c14-10(11-2-1-4-17-11)7-13-12(15)6-9-3-5-16-8-9/h1-5,8,10,14H,6-7H2,(H,13,15). The molecule has 1 atom stereocenters. The molecule has 90 valence electrons. The average molecular weight is 267 g/mol. The van der Waals surface area contributed by atoms with Gasteiger partial charge in [0, 0.05) is 11.4 Å². The van der Waals surface area contributed by atoms with E-state index in [1.54, 1.807) is 11.3 Å². The highest BCUT2D eigenvalue weighted by molar-refractivity contribution is 7.10. The SMILES string of the molecule is O=C(Cc1ccsc1)NCC(O)c1cccs1. The number of aliphatic hydroxyl groups is 1. The molecule has 0 aliphatic heterocycles. The van der Waals surface area contributed by atoms with Gasteiger partial charge in [0.05, 0.1) is 6.42 Å². The molecule has 0 radical (unpaired) electrons. The molecule has 0 saturated carbocycles. The van der Waals surface area contributed by atoms with Gasteiger partial charge in [0.25, 0.3) is 0 Å². The summed E-state index contributed by atoms with van der Waals surface area (Å²) in [7, 11) is 0. The number of amides is 1. The van der Waals surface area contributed by atoms with Crippen LogP contribution in [0.2, 0.25) is 0 Å². The minimum atomic E-state index is -0.610. The molecule has 1 amide bonds. The molecule has 0 aromatic carbocycles. The van der Waals surface area contributed by atoms with Crippen LogP contribution in [0.15, 0.2) is 34.3 Å². The molecule has 0 aliphatic rings. The van der Waals surface area contributed by atoms with E-state index < -0.39 is 6.10 Å². The Morgan fingerprint density at radius 2 is 2.29 bits per heavy atom. The molecule has 0 bridgehead atoms. The van der Waals surface area contributed by atoms with E-state index in [0.29, 0.717) is 6.42 Å². The van der Waals surface area contributed by atoms with E-state index in [4.69, 9.17) is 0 Å². The van der Waals surface area contributed by atoms with E-state index in [2.05, 4.69) is 5.32 Å². The van der Waals surface area contributed by atoms with Crippen molar-refractivity contribution in [2.75, 3.05) is 6.54 Å². The number of hydrogen-bond donors (Lipinski definition) is 2. The highest BCUT2D eigenvalue weighted by Gasteiger charge is 2.10.